The van der Waals surface area contributed by atoms with E-state index in [2.05, 4.69) is 26.0 Å². The van der Waals surface area contributed by atoms with Crippen molar-refractivity contribution >= 4 is 11.7 Å². The van der Waals surface area contributed by atoms with Gasteiger partial charge in [-0.2, -0.15) is 0 Å². The van der Waals surface area contributed by atoms with Crippen LogP contribution in [0.1, 0.15) is 68.8 Å². The van der Waals surface area contributed by atoms with Gasteiger partial charge in [-0.3, -0.25) is 9.59 Å². The van der Waals surface area contributed by atoms with Crippen LogP contribution in [0.4, 0.5) is 0 Å². The number of ether oxygens (including phenoxy) is 3. The summed E-state index contributed by atoms with van der Waals surface area (Å²) in [6.45, 7) is 5.11. The Morgan fingerprint density at radius 1 is 0.805 bits per heavy atom. The summed E-state index contributed by atoms with van der Waals surface area (Å²) in [6.07, 6.45) is 0.672. The molecule has 0 bridgehead atoms. The minimum absolute atomic E-state index is 0.0766. The van der Waals surface area contributed by atoms with Gasteiger partial charge in [-0.1, -0.05) is 68.4 Å². The molecule has 0 fully saturated rings. The smallest absolute Gasteiger partial charge is 0.254 e. The fourth-order valence-electron chi connectivity index (χ4n) is 5.26. The fraction of sp³-hybridized carbons (Fsp3) is 0.257. The average Bonchev–Trinajstić information content (AvgIpc) is 3.02. The zero-order valence-electron chi connectivity index (χ0n) is 23.9. The molecule has 0 saturated heterocycles. The van der Waals surface area contributed by atoms with Crippen LogP contribution < -0.4 is 14.2 Å². The first-order valence-electron chi connectivity index (χ1n) is 13.9. The third-order valence-corrected chi connectivity index (χ3v) is 7.65. The first-order chi connectivity index (χ1) is 19.9. The van der Waals surface area contributed by atoms with E-state index in [0.717, 1.165) is 16.9 Å². The second kappa shape index (κ2) is 12.3. The van der Waals surface area contributed by atoms with Gasteiger partial charge in [0.2, 0.25) is 0 Å². The second-order valence-electron chi connectivity index (χ2n) is 10.5. The highest BCUT2D eigenvalue weighted by Gasteiger charge is 2.33. The molecule has 1 amide bonds. The molecule has 0 aromatic heterocycles. The maximum atomic E-state index is 13.9. The molecule has 1 aliphatic heterocycles. The summed E-state index contributed by atoms with van der Waals surface area (Å²) in [4.78, 5) is 28.6. The number of rotatable bonds is 9. The van der Waals surface area contributed by atoms with Crippen molar-refractivity contribution in [3.63, 3.8) is 0 Å². The number of carbonyl (C=O) groups is 2. The molecule has 1 unspecified atom stereocenters. The summed E-state index contributed by atoms with van der Waals surface area (Å²) in [6, 6.07) is 27.7. The molecule has 0 spiro atoms. The van der Waals surface area contributed by atoms with E-state index in [1.165, 1.54) is 5.56 Å². The van der Waals surface area contributed by atoms with E-state index in [-0.39, 0.29) is 24.3 Å². The van der Waals surface area contributed by atoms with Gasteiger partial charge in [0.25, 0.3) is 5.91 Å². The molecule has 41 heavy (non-hydrogen) atoms. The van der Waals surface area contributed by atoms with Crippen LogP contribution in [0.15, 0.2) is 91.0 Å². The molecule has 1 heterocycles. The van der Waals surface area contributed by atoms with Crippen LogP contribution in [0.3, 0.4) is 0 Å². The maximum absolute atomic E-state index is 13.9. The monoisotopic (exact) mass is 549 g/mol. The Morgan fingerprint density at radius 3 is 2.05 bits per heavy atom. The van der Waals surface area contributed by atoms with Gasteiger partial charge >= 0.3 is 0 Å². The van der Waals surface area contributed by atoms with Gasteiger partial charge < -0.3 is 19.1 Å². The quantitative estimate of drug-likeness (QED) is 0.213. The molecular weight excluding hydrogens is 514 g/mol. The maximum Gasteiger partial charge on any atom is 0.254 e. The lowest BCUT2D eigenvalue weighted by molar-refractivity contribution is 0.0589. The molecule has 1 aliphatic rings. The van der Waals surface area contributed by atoms with Crippen LogP contribution in [-0.2, 0) is 6.42 Å². The Morgan fingerprint density at radius 2 is 1.41 bits per heavy atom. The molecule has 5 rings (SSSR count). The molecule has 4 aromatic rings. The van der Waals surface area contributed by atoms with Crippen molar-refractivity contribution in [1.29, 1.82) is 0 Å². The highest BCUT2D eigenvalue weighted by atomic mass is 16.5. The van der Waals surface area contributed by atoms with E-state index in [0.29, 0.717) is 47.1 Å². The SMILES string of the molecule is COc1cc2c(cc1OC)C(COc1ccc(C(C)C)cc1)N(C(=O)c1ccc(C(=O)c3ccccc3)cc1)CC2. The van der Waals surface area contributed by atoms with Crippen LogP contribution in [0, 0.1) is 0 Å². The Hall–Kier alpha value is -4.58. The second-order valence-corrected chi connectivity index (χ2v) is 10.5. The number of fused-ring (bicyclic) bond motifs is 1. The average molecular weight is 550 g/mol. The predicted octanol–water partition coefficient (Wildman–Crippen LogP) is 6.88. The summed E-state index contributed by atoms with van der Waals surface area (Å²) in [5.74, 6) is 2.25. The normalized spacial score (nSPS) is 14.4. The minimum Gasteiger partial charge on any atom is -0.493 e. The predicted molar refractivity (Wildman–Crippen MR) is 159 cm³/mol. The number of amides is 1. The Bertz CT molecular complexity index is 1510. The lowest BCUT2D eigenvalue weighted by Crippen LogP contribution is -2.42. The van der Waals surface area contributed by atoms with Crippen molar-refractivity contribution in [3.8, 4) is 17.2 Å². The number of methoxy groups -OCH3 is 2. The van der Waals surface area contributed by atoms with Crippen LogP contribution in [0.25, 0.3) is 0 Å². The zero-order chi connectivity index (χ0) is 28.9. The van der Waals surface area contributed by atoms with E-state index < -0.39 is 0 Å². The molecule has 1 atom stereocenters. The van der Waals surface area contributed by atoms with Gasteiger partial charge in [0.05, 0.1) is 20.3 Å². The van der Waals surface area contributed by atoms with Gasteiger partial charge in [-0.05, 0) is 65.4 Å². The fourth-order valence-corrected chi connectivity index (χ4v) is 5.26. The van der Waals surface area contributed by atoms with Gasteiger partial charge in [0.15, 0.2) is 17.3 Å². The molecule has 0 N–H and O–H groups in total. The van der Waals surface area contributed by atoms with Crippen molar-refractivity contribution in [3.05, 3.63) is 124 Å². The molecule has 0 radical (unpaired) electrons. The number of nitrogens with zero attached hydrogens (tertiary/aromatic N) is 1. The molecule has 0 saturated carbocycles. The minimum atomic E-state index is -0.346. The third kappa shape index (κ3) is 5.97. The van der Waals surface area contributed by atoms with Crippen molar-refractivity contribution < 1.29 is 23.8 Å². The van der Waals surface area contributed by atoms with Crippen LogP contribution in [0.2, 0.25) is 0 Å². The summed E-state index contributed by atoms with van der Waals surface area (Å²) >= 11 is 0. The zero-order valence-corrected chi connectivity index (χ0v) is 23.9. The lowest BCUT2D eigenvalue weighted by atomic mass is 9.91. The van der Waals surface area contributed by atoms with E-state index in [1.807, 2.05) is 47.4 Å². The number of benzene rings is 4. The van der Waals surface area contributed by atoms with Crippen molar-refractivity contribution in [1.82, 2.24) is 4.90 Å². The molecule has 0 aliphatic carbocycles. The standard InChI is InChI=1S/C35H35NO5/c1-23(2)24-14-16-29(17-15-24)41-22-31-30-21-33(40-4)32(39-3)20-28(30)18-19-36(31)35(38)27-12-10-26(11-13-27)34(37)25-8-6-5-7-9-25/h5-17,20-21,23,31H,18-19,22H2,1-4H3. The summed E-state index contributed by atoms with van der Waals surface area (Å²) in [5.41, 5.74) is 4.98. The van der Waals surface area contributed by atoms with Crippen LogP contribution in [-0.4, -0.2) is 44.0 Å². The number of hydrogen-bond acceptors (Lipinski definition) is 5. The Kier molecular flexibility index (Phi) is 8.39. The Labute approximate surface area is 241 Å². The number of carbonyl (C=O) groups excluding carboxylic acids is 2. The highest BCUT2D eigenvalue weighted by Crippen LogP contribution is 2.39. The molecule has 210 valence electrons. The van der Waals surface area contributed by atoms with E-state index >= 15 is 0 Å². The lowest BCUT2D eigenvalue weighted by Gasteiger charge is -2.37. The van der Waals surface area contributed by atoms with Gasteiger partial charge in [0, 0.05) is 23.2 Å². The van der Waals surface area contributed by atoms with E-state index in [1.54, 1.807) is 50.6 Å². The summed E-state index contributed by atoms with van der Waals surface area (Å²) in [5, 5.41) is 0. The first kappa shape index (κ1) is 28.0. The van der Waals surface area contributed by atoms with Crippen LogP contribution >= 0.6 is 0 Å². The number of ketones is 1. The van der Waals surface area contributed by atoms with Gasteiger partial charge in [0.1, 0.15) is 12.4 Å². The van der Waals surface area contributed by atoms with Gasteiger partial charge in [-0.15, -0.1) is 0 Å². The molecule has 6 heteroatoms. The first-order valence-corrected chi connectivity index (χ1v) is 13.9. The topological polar surface area (TPSA) is 65.1 Å². The molecule has 4 aromatic carbocycles. The third-order valence-electron chi connectivity index (χ3n) is 7.65. The van der Waals surface area contributed by atoms with E-state index in [9.17, 15) is 9.59 Å². The highest BCUT2D eigenvalue weighted by molar-refractivity contribution is 6.09. The van der Waals surface area contributed by atoms with Crippen LogP contribution in [0.5, 0.6) is 17.2 Å². The van der Waals surface area contributed by atoms with Crippen molar-refractivity contribution in [2.24, 2.45) is 0 Å². The number of hydrogen-bond donors (Lipinski definition) is 0. The van der Waals surface area contributed by atoms with Gasteiger partial charge in [-0.25, -0.2) is 0 Å². The largest absolute Gasteiger partial charge is 0.493 e. The van der Waals surface area contributed by atoms with Crippen molar-refractivity contribution in [2.75, 3.05) is 27.4 Å². The van der Waals surface area contributed by atoms with E-state index in [4.69, 9.17) is 14.2 Å². The summed E-state index contributed by atoms with van der Waals surface area (Å²) < 4.78 is 17.4. The summed E-state index contributed by atoms with van der Waals surface area (Å²) in [7, 11) is 3.23. The van der Waals surface area contributed by atoms with Crippen molar-refractivity contribution in [2.45, 2.75) is 32.2 Å². The molecule has 6 nitrogen and oxygen atoms in total. The molecular formula is C35H35NO5. The Balaban J connectivity index is 1.43.